The molecule has 0 aromatic carbocycles. The molecule has 0 unspecified atom stereocenters. The Morgan fingerprint density at radius 1 is 1.44 bits per heavy atom. The van der Waals surface area contributed by atoms with Crippen LogP contribution in [0, 0.1) is 0 Å². The first-order valence-corrected chi connectivity index (χ1v) is 4.41. The minimum absolute atomic E-state index is 0.0303. The van der Waals surface area contributed by atoms with Gasteiger partial charge in [-0.2, -0.15) is 13.2 Å². The number of carboxylic acid groups (broad SMARTS) is 1. The highest BCUT2D eigenvalue weighted by atomic mass is 19.4. The number of carboxylic acids is 1. The van der Waals surface area contributed by atoms with E-state index in [9.17, 15) is 18.0 Å². The van der Waals surface area contributed by atoms with Gasteiger partial charge in [-0.3, -0.25) is 0 Å². The van der Waals surface area contributed by atoms with Crippen molar-refractivity contribution in [2.24, 2.45) is 0 Å². The van der Waals surface area contributed by atoms with Crippen LogP contribution in [0.4, 0.5) is 13.2 Å². The molecule has 0 fully saturated rings. The first-order chi connectivity index (χ1) is 7.23. The number of alkyl halides is 3. The van der Waals surface area contributed by atoms with Crippen molar-refractivity contribution in [3.63, 3.8) is 0 Å². The van der Waals surface area contributed by atoms with E-state index in [0.29, 0.717) is 6.20 Å². The van der Waals surface area contributed by atoms with Crippen molar-refractivity contribution in [1.29, 1.82) is 0 Å². The van der Waals surface area contributed by atoms with E-state index in [1.54, 1.807) is 13.8 Å². The summed E-state index contributed by atoms with van der Waals surface area (Å²) in [6, 6.07) is 0. The van der Waals surface area contributed by atoms with Crippen molar-refractivity contribution in [3.8, 4) is 0 Å². The van der Waals surface area contributed by atoms with Crippen molar-refractivity contribution < 1.29 is 23.1 Å². The van der Waals surface area contributed by atoms with Gasteiger partial charge in [-0.1, -0.05) is 13.8 Å². The third-order valence-corrected chi connectivity index (χ3v) is 1.82. The fourth-order valence-electron chi connectivity index (χ4n) is 1.05. The zero-order valence-electron chi connectivity index (χ0n) is 8.54. The number of hydrogen-bond acceptors (Lipinski definition) is 3. The average molecular weight is 234 g/mol. The molecule has 88 valence electrons. The van der Waals surface area contributed by atoms with Gasteiger partial charge in [0.1, 0.15) is 11.4 Å². The largest absolute Gasteiger partial charge is 0.478 e. The van der Waals surface area contributed by atoms with Crippen LogP contribution < -0.4 is 0 Å². The Bertz CT molecular complexity index is 416. The molecule has 0 spiro atoms. The van der Waals surface area contributed by atoms with E-state index in [4.69, 9.17) is 5.11 Å². The lowest BCUT2D eigenvalue weighted by Gasteiger charge is -2.11. The summed E-state index contributed by atoms with van der Waals surface area (Å²) in [6.07, 6.45) is -4.10. The lowest BCUT2D eigenvalue weighted by atomic mass is 10.1. The highest BCUT2D eigenvalue weighted by Gasteiger charge is 2.38. The maximum absolute atomic E-state index is 12.5. The summed E-state index contributed by atoms with van der Waals surface area (Å²) in [4.78, 5) is 17.4. The summed E-state index contributed by atoms with van der Waals surface area (Å²) in [5.74, 6) is -2.02. The topological polar surface area (TPSA) is 63.1 Å². The Labute approximate surface area is 89.1 Å². The SMILES string of the molecule is CC(C)c1ncc(C(=O)O)c(C(F)(F)F)n1. The van der Waals surface area contributed by atoms with Crippen LogP contribution in [-0.4, -0.2) is 21.0 Å². The zero-order valence-corrected chi connectivity index (χ0v) is 8.54. The smallest absolute Gasteiger partial charge is 0.434 e. The molecule has 1 aromatic heterocycles. The van der Waals surface area contributed by atoms with Crippen LogP contribution in [0.3, 0.4) is 0 Å². The van der Waals surface area contributed by atoms with E-state index in [1.165, 1.54) is 0 Å². The predicted octanol–water partition coefficient (Wildman–Crippen LogP) is 2.32. The van der Waals surface area contributed by atoms with Gasteiger partial charge >= 0.3 is 12.1 Å². The number of carbonyl (C=O) groups is 1. The molecule has 4 nitrogen and oxygen atoms in total. The van der Waals surface area contributed by atoms with E-state index in [2.05, 4.69) is 9.97 Å². The number of halogens is 3. The number of hydrogen-bond donors (Lipinski definition) is 1. The normalized spacial score (nSPS) is 11.9. The van der Waals surface area contributed by atoms with Crippen LogP contribution in [0.2, 0.25) is 0 Å². The molecule has 16 heavy (non-hydrogen) atoms. The summed E-state index contributed by atoms with van der Waals surface area (Å²) in [5, 5.41) is 8.58. The third kappa shape index (κ3) is 2.47. The Morgan fingerprint density at radius 3 is 2.38 bits per heavy atom. The van der Waals surface area contributed by atoms with Crippen molar-refractivity contribution in [3.05, 3.63) is 23.3 Å². The molecule has 0 atom stereocenters. The molecular formula is C9H9F3N2O2. The summed E-state index contributed by atoms with van der Waals surface area (Å²) >= 11 is 0. The zero-order chi connectivity index (χ0) is 12.5. The Morgan fingerprint density at radius 2 is 2.00 bits per heavy atom. The highest BCUT2D eigenvalue weighted by Crippen LogP contribution is 2.30. The van der Waals surface area contributed by atoms with Crippen LogP contribution in [0.5, 0.6) is 0 Å². The molecular weight excluding hydrogens is 225 g/mol. The summed E-state index contributed by atoms with van der Waals surface area (Å²) < 4.78 is 37.5. The molecule has 1 N–H and O–H groups in total. The van der Waals surface area contributed by atoms with Crippen LogP contribution in [0.1, 0.15) is 41.6 Å². The lowest BCUT2D eigenvalue weighted by molar-refractivity contribution is -0.141. The van der Waals surface area contributed by atoms with Crippen LogP contribution in [-0.2, 0) is 6.18 Å². The van der Waals surface area contributed by atoms with E-state index in [-0.39, 0.29) is 11.7 Å². The van der Waals surface area contributed by atoms with Crippen molar-refractivity contribution in [2.75, 3.05) is 0 Å². The van der Waals surface area contributed by atoms with Gasteiger partial charge < -0.3 is 5.11 Å². The van der Waals surface area contributed by atoms with Crippen LogP contribution >= 0.6 is 0 Å². The Hall–Kier alpha value is -1.66. The molecule has 0 radical (unpaired) electrons. The van der Waals surface area contributed by atoms with Gasteiger partial charge in [0, 0.05) is 12.1 Å². The quantitative estimate of drug-likeness (QED) is 0.852. The van der Waals surface area contributed by atoms with E-state index in [0.717, 1.165) is 0 Å². The van der Waals surface area contributed by atoms with E-state index in [1.807, 2.05) is 0 Å². The second kappa shape index (κ2) is 4.07. The van der Waals surface area contributed by atoms with E-state index >= 15 is 0 Å². The molecule has 0 aliphatic carbocycles. The number of rotatable bonds is 2. The number of aromatic carboxylic acids is 1. The summed E-state index contributed by atoms with van der Waals surface area (Å²) in [6.45, 7) is 3.24. The average Bonchev–Trinajstić information content (AvgIpc) is 2.15. The van der Waals surface area contributed by atoms with Gasteiger partial charge in [0.25, 0.3) is 0 Å². The molecule has 0 saturated carbocycles. The van der Waals surface area contributed by atoms with Crippen molar-refractivity contribution in [2.45, 2.75) is 25.9 Å². The molecule has 0 aliphatic rings. The standard InChI is InChI=1S/C9H9F3N2O2/c1-4(2)7-13-3-5(8(15)16)6(14-7)9(10,11)12/h3-4H,1-2H3,(H,15,16). The minimum Gasteiger partial charge on any atom is -0.478 e. The van der Waals surface area contributed by atoms with Gasteiger partial charge in [-0.25, -0.2) is 14.8 Å². The second-order valence-electron chi connectivity index (χ2n) is 3.45. The molecule has 1 heterocycles. The maximum atomic E-state index is 12.5. The molecule has 1 rings (SSSR count). The van der Waals surface area contributed by atoms with Gasteiger partial charge in [0.05, 0.1) is 0 Å². The summed E-state index contributed by atoms with van der Waals surface area (Å²) in [7, 11) is 0. The Balaban J connectivity index is 3.39. The summed E-state index contributed by atoms with van der Waals surface area (Å²) in [5.41, 5.74) is -2.34. The fraction of sp³-hybridized carbons (Fsp3) is 0.444. The van der Waals surface area contributed by atoms with Gasteiger partial charge in [0.2, 0.25) is 0 Å². The predicted molar refractivity (Wildman–Crippen MR) is 48.1 cm³/mol. The van der Waals surface area contributed by atoms with Gasteiger partial charge in [-0.15, -0.1) is 0 Å². The molecule has 7 heteroatoms. The van der Waals surface area contributed by atoms with Gasteiger partial charge in [-0.05, 0) is 0 Å². The molecule has 0 amide bonds. The Kier molecular flexibility index (Phi) is 3.16. The van der Waals surface area contributed by atoms with Crippen LogP contribution in [0.15, 0.2) is 6.20 Å². The van der Waals surface area contributed by atoms with Gasteiger partial charge in [0.15, 0.2) is 5.69 Å². The van der Waals surface area contributed by atoms with Crippen LogP contribution in [0.25, 0.3) is 0 Å². The third-order valence-electron chi connectivity index (χ3n) is 1.82. The molecule has 0 bridgehead atoms. The highest BCUT2D eigenvalue weighted by molar-refractivity contribution is 5.88. The van der Waals surface area contributed by atoms with E-state index < -0.39 is 23.4 Å². The molecule has 0 saturated heterocycles. The number of nitrogens with zero attached hydrogens (tertiary/aromatic N) is 2. The lowest BCUT2D eigenvalue weighted by Crippen LogP contribution is -2.18. The van der Waals surface area contributed by atoms with Crippen molar-refractivity contribution >= 4 is 5.97 Å². The monoisotopic (exact) mass is 234 g/mol. The first-order valence-electron chi connectivity index (χ1n) is 4.41. The fourth-order valence-corrected chi connectivity index (χ4v) is 1.05. The maximum Gasteiger partial charge on any atom is 0.434 e. The second-order valence-corrected chi connectivity index (χ2v) is 3.45. The number of aromatic nitrogens is 2. The van der Waals surface area contributed by atoms with Crippen molar-refractivity contribution in [1.82, 2.24) is 9.97 Å². The molecule has 1 aromatic rings. The minimum atomic E-state index is -4.79. The first kappa shape index (κ1) is 12.4. The molecule has 0 aliphatic heterocycles.